The molecular formula is C13H14FN3O. The number of hydrogen-bond acceptors (Lipinski definition) is 2. The van der Waals surface area contributed by atoms with Crippen molar-refractivity contribution in [2.75, 3.05) is 12.8 Å². The Hall–Kier alpha value is -2.30. The van der Waals surface area contributed by atoms with E-state index in [-0.39, 0.29) is 11.7 Å². The number of aromatic amines is 1. The molecule has 0 fully saturated rings. The molecule has 1 aromatic heterocycles. The van der Waals surface area contributed by atoms with Gasteiger partial charge < -0.3 is 15.6 Å². The van der Waals surface area contributed by atoms with Gasteiger partial charge in [-0.05, 0) is 23.8 Å². The zero-order valence-electron chi connectivity index (χ0n) is 9.98. The van der Waals surface area contributed by atoms with Crippen molar-refractivity contribution in [3.8, 4) is 0 Å². The number of anilines is 1. The van der Waals surface area contributed by atoms with E-state index in [1.54, 1.807) is 31.4 Å². The van der Waals surface area contributed by atoms with Crippen LogP contribution >= 0.6 is 0 Å². The molecule has 2 aromatic rings. The monoisotopic (exact) mass is 247 g/mol. The highest BCUT2D eigenvalue weighted by Gasteiger charge is 2.13. The van der Waals surface area contributed by atoms with Crippen molar-refractivity contribution in [1.29, 1.82) is 0 Å². The van der Waals surface area contributed by atoms with Crippen LogP contribution in [-0.2, 0) is 6.54 Å². The number of nitrogens with zero attached hydrogens (tertiary/aromatic N) is 1. The molecule has 0 aliphatic carbocycles. The SMILES string of the molecule is CN(Cc1cccc(F)c1)C(=O)c1cc(N)c[nH]1. The van der Waals surface area contributed by atoms with Gasteiger partial charge in [0.2, 0.25) is 0 Å². The third-order valence-corrected chi connectivity index (χ3v) is 2.59. The Labute approximate surface area is 104 Å². The molecule has 2 rings (SSSR count). The molecule has 0 radical (unpaired) electrons. The quantitative estimate of drug-likeness (QED) is 0.871. The minimum atomic E-state index is -0.308. The number of halogens is 1. The van der Waals surface area contributed by atoms with Gasteiger partial charge in [-0.2, -0.15) is 0 Å². The van der Waals surface area contributed by atoms with Crippen molar-refractivity contribution in [1.82, 2.24) is 9.88 Å². The summed E-state index contributed by atoms with van der Waals surface area (Å²) in [4.78, 5) is 16.3. The molecule has 0 aliphatic heterocycles. The second-order valence-corrected chi connectivity index (χ2v) is 4.14. The first kappa shape index (κ1) is 12.2. The molecule has 0 saturated heterocycles. The highest BCUT2D eigenvalue weighted by atomic mass is 19.1. The average molecular weight is 247 g/mol. The van der Waals surface area contributed by atoms with Crippen molar-refractivity contribution < 1.29 is 9.18 Å². The van der Waals surface area contributed by atoms with E-state index in [2.05, 4.69) is 4.98 Å². The van der Waals surface area contributed by atoms with Crippen LogP contribution < -0.4 is 5.73 Å². The number of rotatable bonds is 3. The minimum Gasteiger partial charge on any atom is -0.397 e. The standard InChI is InChI=1S/C13H14FN3O/c1-17(8-9-3-2-4-10(14)5-9)13(18)12-6-11(15)7-16-12/h2-7,16H,8,15H2,1H3. The van der Waals surface area contributed by atoms with Crippen LogP contribution in [0.3, 0.4) is 0 Å². The Balaban J connectivity index is 2.08. The van der Waals surface area contributed by atoms with Gasteiger partial charge in [0.05, 0.1) is 0 Å². The van der Waals surface area contributed by atoms with Crippen LogP contribution in [0.1, 0.15) is 16.1 Å². The van der Waals surface area contributed by atoms with E-state index in [4.69, 9.17) is 5.73 Å². The van der Waals surface area contributed by atoms with Crippen LogP contribution in [0.2, 0.25) is 0 Å². The van der Waals surface area contributed by atoms with Crippen molar-refractivity contribution in [3.63, 3.8) is 0 Å². The number of hydrogen-bond donors (Lipinski definition) is 2. The summed E-state index contributed by atoms with van der Waals surface area (Å²) in [6.07, 6.45) is 1.56. The predicted molar refractivity (Wildman–Crippen MR) is 67.4 cm³/mol. The molecule has 5 heteroatoms. The summed E-state index contributed by atoms with van der Waals surface area (Å²) >= 11 is 0. The maximum atomic E-state index is 13.0. The van der Waals surface area contributed by atoms with Crippen LogP contribution in [-0.4, -0.2) is 22.8 Å². The van der Waals surface area contributed by atoms with Crippen LogP contribution in [0.4, 0.5) is 10.1 Å². The number of nitrogens with two attached hydrogens (primary N) is 1. The van der Waals surface area contributed by atoms with Gasteiger partial charge in [-0.15, -0.1) is 0 Å². The third kappa shape index (κ3) is 2.68. The topological polar surface area (TPSA) is 62.1 Å². The Bertz CT molecular complexity index is 565. The predicted octanol–water partition coefficient (Wildman–Crippen LogP) is 2.01. The van der Waals surface area contributed by atoms with E-state index in [1.165, 1.54) is 17.0 Å². The maximum Gasteiger partial charge on any atom is 0.270 e. The first-order valence-corrected chi connectivity index (χ1v) is 5.50. The number of amides is 1. The molecule has 1 amide bonds. The fraction of sp³-hybridized carbons (Fsp3) is 0.154. The van der Waals surface area contributed by atoms with E-state index in [1.807, 2.05) is 0 Å². The molecule has 0 atom stereocenters. The second-order valence-electron chi connectivity index (χ2n) is 4.14. The number of nitrogen functional groups attached to an aromatic ring is 1. The molecule has 3 N–H and O–H groups in total. The lowest BCUT2D eigenvalue weighted by Gasteiger charge is -2.16. The molecule has 0 aliphatic rings. The largest absolute Gasteiger partial charge is 0.397 e. The molecule has 1 aromatic carbocycles. The number of benzene rings is 1. The lowest BCUT2D eigenvalue weighted by atomic mass is 10.2. The van der Waals surface area contributed by atoms with Gasteiger partial charge >= 0.3 is 0 Å². The molecule has 94 valence electrons. The molecule has 0 bridgehead atoms. The van der Waals surface area contributed by atoms with Crippen molar-refractivity contribution in [3.05, 3.63) is 53.6 Å². The molecule has 0 spiro atoms. The summed E-state index contributed by atoms with van der Waals surface area (Å²) in [5.74, 6) is -0.492. The minimum absolute atomic E-state index is 0.184. The van der Waals surface area contributed by atoms with Gasteiger partial charge in [0.25, 0.3) is 5.91 Å². The summed E-state index contributed by atoms with van der Waals surface area (Å²) in [7, 11) is 1.66. The Morgan fingerprint density at radius 1 is 1.44 bits per heavy atom. The number of H-pyrrole nitrogens is 1. The third-order valence-electron chi connectivity index (χ3n) is 2.59. The van der Waals surface area contributed by atoms with Gasteiger partial charge in [-0.1, -0.05) is 12.1 Å². The first-order chi connectivity index (χ1) is 8.56. The number of nitrogens with one attached hydrogen (secondary N) is 1. The van der Waals surface area contributed by atoms with Crippen LogP contribution in [0.5, 0.6) is 0 Å². The lowest BCUT2D eigenvalue weighted by molar-refractivity contribution is 0.0780. The molecule has 1 heterocycles. The summed E-state index contributed by atoms with van der Waals surface area (Å²) in [5.41, 5.74) is 7.21. The van der Waals surface area contributed by atoms with E-state index in [0.29, 0.717) is 17.9 Å². The lowest BCUT2D eigenvalue weighted by Crippen LogP contribution is -2.26. The smallest absolute Gasteiger partial charge is 0.270 e. The van der Waals surface area contributed by atoms with Crippen LogP contribution in [0, 0.1) is 5.82 Å². The van der Waals surface area contributed by atoms with E-state index >= 15 is 0 Å². The van der Waals surface area contributed by atoms with Gasteiger partial charge in [0.1, 0.15) is 11.5 Å². The van der Waals surface area contributed by atoms with Gasteiger partial charge in [0.15, 0.2) is 0 Å². The van der Waals surface area contributed by atoms with Gasteiger partial charge in [0, 0.05) is 25.5 Å². The fourth-order valence-corrected chi connectivity index (χ4v) is 1.72. The van der Waals surface area contributed by atoms with Crippen LogP contribution in [0.15, 0.2) is 36.5 Å². The Kier molecular flexibility index (Phi) is 3.32. The second kappa shape index (κ2) is 4.91. The average Bonchev–Trinajstić information content (AvgIpc) is 2.75. The zero-order chi connectivity index (χ0) is 13.1. The van der Waals surface area contributed by atoms with Crippen LogP contribution in [0.25, 0.3) is 0 Å². The number of carbonyl (C=O) groups is 1. The first-order valence-electron chi connectivity index (χ1n) is 5.50. The highest BCUT2D eigenvalue weighted by molar-refractivity contribution is 5.93. The summed E-state index contributed by atoms with van der Waals surface area (Å²) in [6.45, 7) is 0.343. The van der Waals surface area contributed by atoms with Crippen molar-refractivity contribution in [2.24, 2.45) is 0 Å². The van der Waals surface area contributed by atoms with Gasteiger partial charge in [-0.25, -0.2) is 4.39 Å². The number of aromatic nitrogens is 1. The Morgan fingerprint density at radius 3 is 2.83 bits per heavy atom. The molecule has 4 nitrogen and oxygen atoms in total. The molecule has 0 saturated carbocycles. The van der Waals surface area contributed by atoms with E-state index < -0.39 is 0 Å². The summed E-state index contributed by atoms with van der Waals surface area (Å²) in [6, 6.07) is 7.75. The molecule has 0 unspecified atom stereocenters. The van der Waals surface area contributed by atoms with E-state index in [0.717, 1.165) is 5.56 Å². The van der Waals surface area contributed by atoms with Crippen molar-refractivity contribution in [2.45, 2.75) is 6.54 Å². The fourth-order valence-electron chi connectivity index (χ4n) is 1.72. The summed E-state index contributed by atoms with van der Waals surface area (Å²) < 4.78 is 13.0. The summed E-state index contributed by atoms with van der Waals surface area (Å²) in [5, 5.41) is 0. The van der Waals surface area contributed by atoms with Gasteiger partial charge in [-0.3, -0.25) is 4.79 Å². The van der Waals surface area contributed by atoms with E-state index in [9.17, 15) is 9.18 Å². The highest BCUT2D eigenvalue weighted by Crippen LogP contribution is 2.11. The van der Waals surface area contributed by atoms with Crippen molar-refractivity contribution >= 4 is 11.6 Å². The molecule has 18 heavy (non-hydrogen) atoms. The zero-order valence-corrected chi connectivity index (χ0v) is 9.98. The molecular weight excluding hydrogens is 233 g/mol. The Morgan fingerprint density at radius 2 is 2.22 bits per heavy atom. The maximum absolute atomic E-state index is 13.0. The normalized spacial score (nSPS) is 10.3. The number of carbonyl (C=O) groups excluding carboxylic acids is 1.